The lowest BCUT2D eigenvalue weighted by Gasteiger charge is -2.25. The van der Waals surface area contributed by atoms with E-state index < -0.39 is 0 Å². The first-order chi connectivity index (χ1) is 6.74. The number of likely N-dealkylation sites (N-methyl/N-ethyl adjacent to an activating group) is 2. The van der Waals surface area contributed by atoms with E-state index in [1.807, 2.05) is 0 Å². The number of unbranched alkanes of at least 4 members (excludes halogenated alkanes) is 1. The van der Waals surface area contributed by atoms with Crippen LogP contribution in [0, 0.1) is 11.3 Å². The van der Waals surface area contributed by atoms with Gasteiger partial charge in [-0.3, -0.25) is 0 Å². The molecule has 1 heterocycles. The summed E-state index contributed by atoms with van der Waals surface area (Å²) in [6.07, 6.45) is 4.36. The van der Waals surface area contributed by atoms with Gasteiger partial charge in [-0.25, -0.2) is 0 Å². The van der Waals surface area contributed by atoms with Gasteiger partial charge in [-0.15, -0.1) is 0 Å². The molecule has 0 radical (unpaired) electrons. The lowest BCUT2D eigenvalue weighted by molar-refractivity contribution is 0.219. The van der Waals surface area contributed by atoms with Crippen LogP contribution in [-0.2, 0) is 0 Å². The first kappa shape index (κ1) is 11.5. The van der Waals surface area contributed by atoms with Crippen LogP contribution in [-0.4, -0.2) is 49.6 Å². The standard InChI is InChI=1S/C11H21N3/c1-13(8-4-3-7-12)10-11-6-5-9-14(11)2/h11H,3-6,8-10H2,1-2H3. The van der Waals surface area contributed by atoms with Crippen molar-refractivity contribution in [2.75, 3.05) is 33.7 Å². The van der Waals surface area contributed by atoms with Gasteiger partial charge in [0.1, 0.15) is 0 Å². The molecular weight excluding hydrogens is 174 g/mol. The van der Waals surface area contributed by atoms with E-state index in [2.05, 4.69) is 30.0 Å². The Bertz CT molecular complexity index is 197. The van der Waals surface area contributed by atoms with Crippen LogP contribution < -0.4 is 0 Å². The van der Waals surface area contributed by atoms with Gasteiger partial charge in [0.05, 0.1) is 6.07 Å². The van der Waals surface area contributed by atoms with Crippen molar-refractivity contribution >= 4 is 0 Å². The molecule has 1 atom stereocenters. The molecule has 0 aromatic heterocycles. The summed E-state index contributed by atoms with van der Waals surface area (Å²) in [6.45, 7) is 3.45. The summed E-state index contributed by atoms with van der Waals surface area (Å²) >= 11 is 0. The third-order valence-electron chi connectivity index (χ3n) is 3.02. The molecule has 1 fully saturated rings. The lowest BCUT2D eigenvalue weighted by atomic mass is 10.2. The van der Waals surface area contributed by atoms with E-state index in [4.69, 9.17) is 5.26 Å². The molecule has 1 rings (SSSR count). The van der Waals surface area contributed by atoms with Crippen molar-refractivity contribution in [3.05, 3.63) is 0 Å². The van der Waals surface area contributed by atoms with Crippen molar-refractivity contribution in [2.24, 2.45) is 0 Å². The van der Waals surface area contributed by atoms with Gasteiger partial charge in [0, 0.05) is 19.0 Å². The smallest absolute Gasteiger partial charge is 0.0622 e. The maximum atomic E-state index is 8.43. The van der Waals surface area contributed by atoms with Crippen LogP contribution in [0.15, 0.2) is 0 Å². The van der Waals surface area contributed by atoms with Crippen LogP contribution in [0.4, 0.5) is 0 Å². The highest BCUT2D eigenvalue weighted by Gasteiger charge is 2.21. The number of hydrogen-bond acceptors (Lipinski definition) is 3. The summed E-state index contributed by atoms with van der Waals surface area (Å²) in [5, 5.41) is 8.43. The zero-order chi connectivity index (χ0) is 10.4. The summed E-state index contributed by atoms with van der Waals surface area (Å²) in [7, 11) is 4.37. The van der Waals surface area contributed by atoms with E-state index in [-0.39, 0.29) is 0 Å². The Kier molecular flexibility index (Phi) is 4.92. The Hall–Kier alpha value is -0.590. The van der Waals surface area contributed by atoms with Crippen LogP contribution in [0.3, 0.4) is 0 Å². The summed E-state index contributed by atoms with van der Waals surface area (Å²) in [6, 6.07) is 2.93. The fraction of sp³-hybridized carbons (Fsp3) is 0.909. The van der Waals surface area contributed by atoms with Crippen molar-refractivity contribution in [1.82, 2.24) is 9.80 Å². The minimum Gasteiger partial charge on any atom is -0.305 e. The minimum absolute atomic E-state index is 0.685. The van der Waals surface area contributed by atoms with E-state index in [0.29, 0.717) is 6.42 Å². The second-order valence-corrected chi connectivity index (χ2v) is 4.30. The van der Waals surface area contributed by atoms with Crippen molar-refractivity contribution in [3.63, 3.8) is 0 Å². The van der Waals surface area contributed by atoms with Crippen molar-refractivity contribution in [2.45, 2.75) is 31.7 Å². The highest BCUT2D eigenvalue weighted by atomic mass is 15.2. The summed E-state index contributed by atoms with van der Waals surface area (Å²) in [4.78, 5) is 4.80. The molecule has 0 aromatic rings. The Labute approximate surface area is 87.3 Å². The molecule has 0 N–H and O–H groups in total. The topological polar surface area (TPSA) is 30.3 Å². The van der Waals surface area contributed by atoms with E-state index in [1.54, 1.807) is 0 Å². The largest absolute Gasteiger partial charge is 0.305 e. The number of likely N-dealkylation sites (tertiary alicyclic amines) is 1. The van der Waals surface area contributed by atoms with Gasteiger partial charge in [0.2, 0.25) is 0 Å². The first-order valence-corrected chi connectivity index (χ1v) is 5.49. The van der Waals surface area contributed by atoms with E-state index in [1.165, 1.54) is 19.4 Å². The zero-order valence-corrected chi connectivity index (χ0v) is 9.37. The third-order valence-corrected chi connectivity index (χ3v) is 3.02. The molecule has 0 saturated carbocycles. The van der Waals surface area contributed by atoms with E-state index in [0.717, 1.165) is 25.6 Å². The number of nitriles is 1. The van der Waals surface area contributed by atoms with Gasteiger partial charge in [-0.1, -0.05) is 0 Å². The molecule has 0 bridgehead atoms. The molecule has 1 unspecified atom stereocenters. The second-order valence-electron chi connectivity index (χ2n) is 4.30. The Morgan fingerprint density at radius 3 is 2.93 bits per heavy atom. The first-order valence-electron chi connectivity index (χ1n) is 5.49. The number of nitrogens with zero attached hydrogens (tertiary/aromatic N) is 3. The van der Waals surface area contributed by atoms with Gasteiger partial charge in [-0.05, 0) is 46.4 Å². The second kappa shape index (κ2) is 6.00. The highest BCUT2D eigenvalue weighted by Crippen LogP contribution is 2.15. The Morgan fingerprint density at radius 1 is 1.57 bits per heavy atom. The predicted molar refractivity (Wildman–Crippen MR) is 58.0 cm³/mol. The van der Waals surface area contributed by atoms with Crippen LogP contribution in [0.25, 0.3) is 0 Å². The molecule has 3 heteroatoms. The highest BCUT2D eigenvalue weighted by molar-refractivity contribution is 4.79. The van der Waals surface area contributed by atoms with Crippen molar-refractivity contribution in [1.29, 1.82) is 5.26 Å². The average Bonchev–Trinajstić information content (AvgIpc) is 2.52. The molecule has 0 aromatic carbocycles. The maximum Gasteiger partial charge on any atom is 0.0622 e. The normalized spacial score (nSPS) is 22.9. The maximum absolute atomic E-state index is 8.43. The predicted octanol–water partition coefficient (Wildman–Crippen LogP) is 1.32. The van der Waals surface area contributed by atoms with E-state index in [9.17, 15) is 0 Å². The zero-order valence-electron chi connectivity index (χ0n) is 9.37. The molecule has 1 saturated heterocycles. The monoisotopic (exact) mass is 195 g/mol. The Morgan fingerprint density at radius 2 is 2.36 bits per heavy atom. The molecule has 80 valence electrons. The van der Waals surface area contributed by atoms with Gasteiger partial charge in [0.15, 0.2) is 0 Å². The minimum atomic E-state index is 0.685. The molecule has 14 heavy (non-hydrogen) atoms. The molecule has 0 aliphatic carbocycles. The Balaban J connectivity index is 2.13. The van der Waals surface area contributed by atoms with Gasteiger partial charge in [0.25, 0.3) is 0 Å². The average molecular weight is 195 g/mol. The summed E-state index contributed by atoms with van der Waals surface area (Å²) in [5.41, 5.74) is 0. The van der Waals surface area contributed by atoms with Crippen LogP contribution in [0.2, 0.25) is 0 Å². The van der Waals surface area contributed by atoms with Gasteiger partial charge >= 0.3 is 0 Å². The van der Waals surface area contributed by atoms with Crippen LogP contribution in [0.5, 0.6) is 0 Å². The molecule has 3 nitrogen and oxygen atoms in total. The van der Waals surface area contributed by atoms with Crippen molar-refractivity contribution < 1.29 is 0 Å². The summed E-state index contributed by atoms with van der Waals surface area (Å²) in [5.74, 6) is 0. The molecule has 1 aliphatic heterocycles. The molecule has 0 spiro atoms. The summed E-state index contributed by atoms with van der Waals surface area (Å²) < 4.78 is 0. The lowest BCUT2D eigenvalue weighted by Crippen LogP contribution is -2.36. The van der Waals surface area contributed by atoms with Crippen LogP contribution >= 0.6 is 0 Å². The molecular formula is C11H21N3. The third kappa shape index (κ3) is 3.65. The number of hydrogen-bond donors (Lipinski definition) is 0. The SMILES string of the molecule is CN(CCCC#N)CC1CCCN1C. The quantitative estimate of drug-likeness (QED) is 0.620. The fourth-order valence-corrected chi connectivity index (χ4v) is 2.09. The van der Waals surface area contributed by atoms with Gasteiger partial charge in [-0.2, -0.15) is 5.26 Å². The van der Waals surface area contributed by atoms with Crippen LogP contribution in [0.1, 0.15) is 25.7 Å². The number of rotatable bonds is 5. The molecule has 0 amide bonds. The fourth-order valence-electron chi connectivity index (χ4n) is 2.09. The molecule has 1 aliphatic rings. The van der Waals surface area contributed by atoms with Crippen molar-refractivity contribution in [3.8, 4) is 6.07 Å². The van der Waals surface area contributed by atoms with E-state index >= 15 is 0 Å². The van der Waals surface area contributed by atoms with Gasteiger partial charge < -0.3 is 9.80 Å².